The third-order valence-corrected chi connectivity index (χ3v) is 9.45. The zero-order valence-corrected chi connectivity index (χ0v) is 30.3. The molecule has 2 heterocycles. The van der Waals surface area contributed by atoms with Crippen LogP contribution in [0.4, 0.5) is 52.0 Å². The summed E-state index contributed by atoms with van der Waals surface area (Å²) in [6.45, 7) is 2.06. The molecule has 1 fully saturated rings. The number of nitrogens with two attached hydrogens (primary N) is 2. The molecule has 23 heteroatoms. The van der Waals surface area contributed by atoms with E-state index in [2.05, 4.69) is 46.0 Å². The first-order valence-electron chi connectivity index (χ1n) is 16.1. The van der Waals surface area contributed by atoms with Crippen molar-refractivity contribution in [2.45, 2.75) is 9.79 Å². The molecule has 0 spiro atoms. The second-order valence-electron chi connectivity index (χ2n) is 11.8. The van der Waals surface area contributed by atoms with Gasteiger partial charge < -0.3 is 30.5 Å². The quantitative estimate of drug-likeness (QED) is 0.0878. The van der Waals surface area contributed by atoms with Crippen molar-refractivity contribution in [2.75, 3.05) is 41.8 Å². The molecule has 0 radical (unpaired) electrons. The van der Waals surface area contributed by atoms with E-state index in [1.165, 1.54) is 12.1 Å². The Balaban J connectivity index is 1.19. The molecule has 6 rings (SSSR count). The molecule has 4 aromatic carbocycles. The van der Waals surface area contributed by atoms with Crippen LogP contribution in [0.25, 0.3) is 0 Å². The number of rotatable bonds is 13. The fourth-order valence-corrected chi connectivity index (χ4v) is 6.18. The molecule has 8 N–H and O–H groups in total. The zero-order chi connectivity index (χ0) is 40.0. The van der Waals surface area contributed by atoms with Gasteiger partial charge >= 0.3 is 11.9 Å². The van der Waals surface area contributed by atoms with Crippen molar-refractivity contribution in [3.63, 3.8) is 0 Å². The lowest BCUT2D eigenvalue weighted by atomic mass is 10.1. The van der Waals surface area contributed by atoms with Crippen LogP contribution in [0.2, 0.25) is 0 Å². The standard InChI is InChI=1S/C33H30N12O9S2/c34-55(50,51)27-16-26(17-28(18-27)56(35,52)53)44-42-24-7-3-22(4-8-24)37-32-38-31(39-33(40-32)45-9-11-54-12-10-45)36-21-1-5-23(6-2-21)41-43-25-14-19(29(46)47)13-20(15-25)30(48)49/h1-8,13-18H,9-12H2,(H,46,47)(H,48,49)(H2,34,50,51)(H2,35,52,53)(H2,36,37,38,39,40). The van der Waals surface area contributed by atoms with E-state index >= 15 is 0 Å². The molecule has 0 amide bonds. The lowest BCUT2D eigenvalue weighted by Crippen LogP contribution is -2.37. The van der Waals surface area contributed by atoms with Crippen molar-refractivity contribution >= 4 is 84.0 Å². The van der Waals surface area contributed by atoms with E-state index < -0.39 is 41.8 Å². The predicted octanol–water partition coefficient (Wildman–Crippen LogP) is 4.72. The summed E-state index contributed by atoms with van der Waals surface area (Å²) in [6.07, 6.45) is 0. The minimum Gasteiger partial charge on any atom is -0.478 e. The number of aromatic nitrogens is 3. The molecule has 0 unspecified atom stereocenters. The molecule has 0 bridgehead atoms. The number of azo groups is 2. The fraction of sp³-hybridized carbons (Fsp3) is 0.121. The number of primary sulfonamides is 2. The highest BCUT2D eigenvalue weighted by molar-refractivity contribution is 7.90. The van der Waals surface area contributed by atoms with Crippen molar-refractivity contribution < 1.29 is 41.4 Å². The van der Waals surface area contributed by atoms with E-state index in [1.54, 1.807) is 48.5 Å². The van der Waals surface area contributed by atoms with Crippen molar-refractivity contribution in [3.8, 4) is 0 Å². The number of carboxylic acid groups (broad SMARTS) is 2. The van der Waals surface area contributed by atoms with Gasteiger partial charge in [-0.1, -0.05) is 0 Å². The summed E-state index contributed by atoms with van der Waals surface area (Å²) in [5.41, 5.74) is 1.34. The van der Waals surface area contributed by atoms with Gasteiger partial charge in [-0.05, 0) is 84.9 Å². The highest BCUT2D eigenvalue weighted by atomic mass is 32.2. The van der Waals surface area contributed by atoms with Crippen molar-refractivity contribution in [1.29, 1.82) is 0 Å². The first-order chi connectivity index (χ1) is 26.6. The van der Waals surface area contributed by atoms with E-state index in [-0.39, 0.29) is 34.4 Å². The van der Waals surface area contributed by atoms with Crippen molar-refractivity contribution in [2.24, 2.45) is 30.7 Å². The van der Waals surface area contributed by atoms with E-state index in [4.69, 9.17) is 15.0 Å². The number of ether oxygens (including phenoxy) is 1. The molecule has 1 aliphatic heterocycles. The number of aromatic carboxylic acids is 2. The number of hydrogen-bond donors (Lipinski definition) is 6. The molecule has 0 aliphatic carbocycles. The third-order valence-electron chi connectivity index (χ3n) is 7.66. The third kappa shape index (κ3) is 10.2. The number of carbonyl (C=O) groups is 2. The molecule has 0 saturated carbocycles. The van der Waals surface area contributed by atoms with Crippen molar-refractivity contribution in [3.05, 3.63) is 96.1 Å². The van der Waals surface area contributed by atoms with Gasteiger partial charge in [0.05, 0.1) is 56.9 Å². The SMILES string of the molecule is NS(=O)(=O)c1cc(N=Nc2ccc(Nc3nc(Nc4ccc(N=Nc5cc(C(=O)O)cc(C(=O)O)c5)cc4)nc(N4CCOCC4)n3)cc2)cc(S(N)(=O)=O)c1. The van der Waals surface area contributed by atoms with Crippen LogP contribution >= 0.6 is 0 Å². The lowest BCUT2D eigenvalue weighted by molar-refractivity contribution is 0.0696. The predicted molar refractivity (Wildman–Crippen MR) is 200 cm³/mol. The van der Waals surface area contributed by atoms with E-state index in [1.807, 2.05) is 4.90 Å². The summed E-state index contributed by atoms with van der Waals surface area (Å²) < 4.78 is 53.0. The number of morpholine rings is 1. The number of sulfonamides is 2. The monoisotopic (exact) mass is 802 g/mol. The molecular formula is C33H30N12O9S2. The first kappa shape index (κ1) is 38.9. The molecule has 0 atom stereocenters. The Kier molecular flexibility index (Phi) is 11.3. The second kappa shape index (κ2) is 16.3. The normalized spacial score (nSPS) is 13.6. The lowest BCUT2D eigenvalue weighted by Gasteiger charge is -2.27. The molecule has 1 aromatic heterocycles. The average Bonchev–Trinajstić information content (AvgIpc) is 3.16. The molecule has 56 heavy (non-hydrogen) atoms. The smallest absolute Gasteiger partial charge is 0.335 e. The van der Waals surface area contributed by atoms with Gasteiger partial charge in [-0.25, -0.2) is 36.7 Å². The second-order valence-corrected chi connectivity index (χ2v) is 14.9. The van der Waals surface area contributed by atoms with Crippen LogP contribution < -0.4 is 25.8 Å². The topological polar surface area (TPSA) is 320 Å². The van der Waals surface area contributed by atoms with Crippen LogP contribution in [-0.2, 0) is 24.8 Å². The molecule has 1 saturated heterocycles. The molecule has 21 nitrogen and oxygen atoms in total. The fourth-order valence-electron chi connectivity index (χ4n) is 4.95. The summed E-state index contributed by atoms with van der Waals surface area (Å²) >= 11 is 0. The highest BCUT2D eigenvalue weighted by Gasteiger charge is 2.19. The van der Waals surface area contributed by atoms with Crippen LogP contribution in [0.3, 0.4) is 0 Å². The van der Waals surface area contributed by atoms with Gasteiger partial charge in [0, 0.05) is 24.5 Å². The number of nitrogens with one attached hydrogen (secondary N) is 2. The van der Waals surface area contributed by atoms with Crippen LogP contribution in [0.5, 0.6) is 0 Å². The van der Waals surface area contributed by atoms with Gasteiger partial charge in [0.15, 0.2) is 0 Å². The summed E-state index contributed by atoms with van der Waals surface area (Å²) in [6, 6.07) is 19.5. The summed E-state index contributed by atoms with van der Waals surface area (Å²) in [4.78, 5) is 37.5. The van der Waals surface area contributed by atoms with Gasteiger partial charge in [-0.3, -0.25) is 0 Å². The Morgan fingerprint density at radius 1 is 0.607 bits per heavy atom. The van der Waals surface area contributed by atoms with Gasteiger partial charge in [-0.2, -0.15) is 35.4 Å². The maximum Gasteiger partial charge on any atom is 0.335 e. The molecular weight excluding hydrogens is 773 g/mol. The van der Waals surface area contributed by atoms with Gasteiger partial charge in [0.2, 0.25) is 37.9 Å². The number of anilines is 5. The van der Waals surface area contributed by atoms with Crippen LogP contribution in [-0.4, -0.2) is 80.2 Å². The Morgan fingerprint density at radius 2 is 1.02 bits per heavy atom. The van der Waals surface area contributed by atoms with Crippen LogP contribution in [0, 0.1) is 0 Å². The maximum atomic E-state index is 11.9. The number of benzene rings is 4. The van der Waals surface area contributed by atoms with E-state index in [0.29, 0.717) is 55.0 Å². The maximum absolute atomic E-state index is 11.9. The van der Waals surface area contributed by atoms with Crippen molar-refractivity contribution in [1.82, 2.24) is 15.0 Å². The number of hydrogen-bond acceptors (Lipinski definition) is 17. The van der Waals surface area contributed by atoms with Crippen LogP contribution in [0.15, 0.2) is 115 Å². The average molecular weight is 803 g/mol. The van der Waals surface area contributed by atoms with E-state index in [0.717, 1.165) is 24.3 Å². The number of carboxylic acids is 2. The molecule has 288 valence electrons. The minimum absolute atomic E-state index is 0.0541. The van der Waals surface area contributed by atoms with Gasteiger partial charge in [0.1, 0.15) is 0 Å². The first-order valence-corrected chi connectivity index (χ1v) is 19.2. The summed E-state index contributed by atoms with van der Waals surface area (Å²) in [5.74, 6) is -1.82. The summed E-state index contributed by atoms with van der Waals surface area (Å²) in [7, 11) is -8.54. The zero-order valence-electron chi connectivity index (χ0n) is 28.7. The minimum atomic E-state index is -4.27. The molecule has 1 aliphatic rings. The van der Waals surface area contributed by atoms with Gasteiger partial charge in [0.25, 0.3) is 0 Å². The largest absolute Gasteiger partial charge is 0.478 e. The van der Waals surface area contributed by atoms with Crippen LogP contribution in [0.1, 0.15) is 20.7 Å². The Labute approximate surface area is 317 Å². The highest BCUT2D eigenvalue weighted by Crippen LogP contribution is 2.28. The molecule has 5 aromatic rings. The van der Waals surface area contributed by atoms with Gasteiger partial charge in [-0.15, -0.1) is 0 Å². The number of nitrogens with zero attached hydrogens (tertiary/aromatic N) is 8. The Hall–Kier alpha value is -6.79. The van der Waals surface area contributed by atoms with E-state index in [9.17, 15) is 36.6 Å². The summed E-state index contributed by atoms with van der Waals surface area (Å²) in [5, 5.41) is 51.3. The Morgan fingerprint density at radius 3 is 1.43 bits per heavy atom. The Bertz CT molecular complexity index is 2500.